The number of ketones is 2. The lowest BCUT2D eigenvalue weighted by Gasteiger charge is -2.27. The molecule has 4 aromatic carbocycles. The number of fused-ring (bicyclic) bond motifs is 1. The molecule has 12 heteroatoms. The molecule has 1 saturated carbocycles. The maximum atomic E-state index is 13.3. The molecule has 0 saturated heterocycles. The van der Waals surface area contributed by atoms with Gasteiger partial charge in [0.1, 0.15) is 11.4 Å². The van der Waals surface area contributed by atoms with Gasteiger partial charge in [-0.15, -0.1) is 0 Å². The van der Waals surface area contributed by atoms with Gasteiger partial charge in [0.05, 0.1) is 16.3 Å². The van der Waals surface area contributed by atoms with Crippen LogP contribution in [0.2, 0.25) is 0 Å². The predicted octanol–water partition coefficient (Wildman–Crippen LogP) is 7.52. The molecule has 0 N–H and O–H groups in total. The van der Waals surface area contributed by atoms with E-state index in [1.54, 1.807) is 66.7 Å². The Balaban J connectivity index is 1.56. The van der Waals surface area contributed by atoms with Crippen molar-refractivity contribution in [3.8, 4) is 0 Å². The Bertz CT molecular complexity index is 2120. The number of benzene rings is 4. The van der Waals surface area contributed by atoms with E-state index in [9.17, 15) is 27.6 Å². The molecule has 0 heterocycles. The van der Waals surface area contributed by atoms with Gasteiger partial charge in [-0.25, -0.2) is 18.0 Å². The lowest BCUT2D eigenvalue weighted by Crippen LogP contribution is -2.15. The average molecular weight is 696 g/mol. The largest absolute Gasteiger partial charge is 0.331 e. The third kappa shape index (κ3) is 8.38. The minimum atomic E-state index is -3.48. The third-order valence-corrected chi connectivity index (χ3v) is 10.3. The Labute approximate surface area is 290 Å². The van der Waals surface area contributed by atoms with E-state index in [1.165, 1.54) is 27.7 Å². The zero-order valence-electron chi connectivity index (χ0n) is 28.2. The van der Waals surface area contributed by atoms with Crippen LogP contribution in [0.15, 0.2) is 100 Å². The van der Waals surface area contributed by atoms with E-state index in [0.717, 1.165) is 42.1 Å². The van der Waals surface area contributed by atoms with Crippen LogP contribution < -0.4 is 4.90 Å². The smallest absolute Gasteiger partial charge is 0.318 e. The van der Waals surface area contributed by atoms with Gasteiger partial charge in [-0.3, -0.25) is 9.59 Å². The van der Waals surface area contributed by atoms with E-state index >= 15 is 0 Å². The molecule has 0 amide bonds. The van der Waals surface area contributed by atoms with E-state index in [0.29, 0.717) is 22.5 Å². The lowest BCUT2D eigenvalue weighted by atomic mass is 10.00. The summed E-state index contributed by atoms with van der Waals surface area (Å²) in [5.74, 6) is -1.81. The van der Waals surface area contributed by atoms with Crippen LogP contribution in [0.1, 0.15) is 74.1 Å². The van der Waals surface area contributed by atoms with Gasteiger partial charge in [0, 0.05) is 41.7 Å². The van der Waals surface area contributed by atoms with Crippen LogP contribution >= 0.6 is 0 Å². The van der Waals surface area contributed by atoms with Gasteiger partial charge in [0.25, 0.3) is 0 Å². The van der Waals surface area contributed by atoms with E-state index in [1.807, 2.05) is 23.1 Å². The monoisotopic (exact) mass is 695 g/mol. The number of hydrogen-bond donors (Lipinski definition) is 0. The van der Waals surface area contributed by atoms with Gasteiger partial charge < -0.3 is 14.6 Å². The number of nitrogens with zero attached hydrogens (tertiary/aromatic N) is 3. The van der Waals surface area contributed by atoms with Crippen molar-refractivity contribution in [3.63, 3.8) is 0 Å². The van der Waals surface area contributed by atoms with E-state index in [4.69, 9.17) is 0 Å². The van der Waals surface area contributed by atoms with Gasteiger partial charge in [0.2, 0.25) is 11.6 Å². The number of anilines is 3. The molecule has 1 aliphatic carbocycles. The fraction of sp³-hybridized carbons (Fsp3) is 0.263. The van der Waals surface area contributed by atoms with Gasteiger partial charge in [-0.05, 0) is 98.7 Å². The number of oxime groups is 2. The number of hydrogen-bond acceptors (Lipinski definition) is 11. The first-order valence-electron chi connectivity index (χ1n) is 16.1. The molecular weight excluding hydrogens is 658 g/mol. The molecule has 0 unspecified atom stereocenters. The van der Waals surface area contributed by atoms with Crippen LogP contribution in [0.4, 0.5) is 17.1 Å². The Hall–Kier alpha value is -5.49. The molecule has 0 bridgehead atoms. The standard InChI is InChI=1S/C38H37N3O8S/c1-24(39-48-26(3)42)37(44)29-12-15-32(16-13-29)41(33-17-19-34(20-18-33)50(46,47)23-28-8-5-6-9-28)36-11-7-10-30-22-31(14-21-35(30)36)38(45)25(2)40-49-27(4)43/h7,10-22,28H,5-6,8-9,23H2,1-4H3/b39-24+,40-25+. The number of rotatable bonds is 12. The topological polar surface area (TPSA) is 149 Å². The second-order valence-corrected chi connectivity index (χ2v) is 14.2. The molecule has 0 aliphatic heterocycles. The summed E-state index contributed by atoms with van der Waals surface area (Å²) in [7, 11) is -3.48. The summed E-state index contributed by atoms with van der Waals surface area (Å²) in [6.45, 7) is 5.30. The first-order chi connectivity index (χ1) is 23.8. The molecule has 5 rings (SSSR count). The van der Waals surface area contributed by atoms with Crippen molar-refractivity contribution in [2.45, 2.75) is 58.3 Å². The van der Waals surface area contributed by atoms with Crippen LogP contribution in [0, 0.1) is 5.92 Å². The molecule has 0 radical (unpaired) electrons. The van der Waals surface area contributed by atoms with Gasteiger partial charge >= 0.3 is 11.9 Å². The van der Waals surface area contributed by atoms with Crippen molar-refractivity contribution in [1.82, 2.24) is 0 Å². The predicted molar refractivity (Wildman–Crippen MR) is 191 cm³/mol. The second-order valence-electron chi connectivity index (χ2n) is 12.2. The van der Waals surface area contributed by atoms with Gasteiger partial charge in [-0.2, -0.15) is 0 Å². The minimum Gasteiger partial charge on any atom is -0.318 e. The molecule has 4 aromatic rings. The highest BCUT2D eigenvalue weighted by Crippen LogP contribution is 2.40. The molecular formula is C38H37N3O8S. The lowest BCUT2D eigenvalue weighted by molar-refractivity contribution is -0.141. The Kier molecular flexibility index (Phi) is 11.0. The average Bonchev–Trinajstić information content (AvgIpc) is 3.61. The quantitative estimate of drug-likeness (QED) is 0.0635. The summed E-state index contributed by atoms with van der Waals surface area (Å²) in [5.41, 5.74) is 2.74. The Morgan fingerprint density at radius 1 is 0.700 bits per heavy atom. The van der Waals surface area contributed by atoms with Crippen LogP contribution in [0.25, 0.3) is 10.8 Å². The molecule has 0 spiro atoms. The summed E-state index contributed by atoms with van der Waals surface area (Å²) in [6.07, 6.45) is 3.95. The molecule has 258 valence electrons. The van der Waals surface area contributed by atoms with Crippen LogP contribution in [0.3, 0.4) is 0 Å². The van der Waals surface area contributed by atoms with Crippen molar-refractivity contribution < 1.29 is 37.3 Å². The number of Topliss-reactive ketones (excluding diaryl/α,β-unsaturated/α-hetero) is 2. The van der Waals surface area contributed by atoms with Crippen molar-refractivity contribution >= 4 is 72.6 Å². The number of carbonyl (C=O) groups is 4. The highest BCUT2D eigenvalue weighted by Gasteiger charge is 2.25. The van der Waals surface area contributed by atoms with E-state index in [2.05, 4.69) is 20.0 Å². The maximum Gasteiger partial charge on any atom is 0.331 e. The molecule has 1 aliphatic rings. The Morgan fingerprint density at radius 2 is 1.22 bits per heavy atom. The van der Waals surface area contributed by atoms with Gasteiger partial charge in [0.15, 0.2) is 9.84 Å². The molecule has 1 fully saturated rings. The fourth-order valence-electron chi connectivity index (χ4n) is 5.94. The summed E-state index contributed by atoms with van der Waals surface area (Å²) in [5, 5.41) is 8.73. The molecule has 50 heavy (non-hydrogen) atoms. The molecule has 11 nitrogen and oxygen atoms in total. The third-order valence-electron chi connectivity index (χ3n) is 8.41. The summed E-state index contributed by atoms with van der Waals surface area (Å²) < 4.78 is 26.6. The van der Waals surface area contributed by atoms with Crippen molar-refractivity contribution in [2.75, 3.05) is 10.7 Å². The van der Waals surface area contributed by atoms with E-state index < -0.39 is 33.3 Å². The Morgan fingerprint density at radius 3 is 1.78 bits per heavy atom. The minimum absolute atomic E-state index is 0.00625. The first-order valence-corrected chi connectivity index (χ1v) is 17.8. The normalized spacial score (nSPS) is 14.0. The summed E-state index contributed by atoms with van der Waals surface area (Å²) in [4.78, 5) is 59.8. The highest BCUT2D eigenvalue weighted by molar-refractivity contribution is 7.91. The van der Waals surface area contributed by atoms with E-state index in [-0.39, 0.29) is 28.0 Å². The molecule has 0 atom stereocenters. The zero-order chi connectivity index (χ0) is 36.0. The highest BCUT2D eigenvalue weighted by atomic mass is 32.2. The van der Waals surface area contributed by atoms with Crippen LogP contribution in [-0.2, 0) is 29.1 Å². The van der Waals surface area contributed by atoms with Crippen LogP contribution in [-0.4, -0.2) is 49.1 Å². The first kappa shape index (κ1) is 35.8. The zero-order valence-corrected chi connectivity index (χ0v) is 29.0. The SMILES string of the molecule is CC(=O)O/N=C(\C)C(=O)c1ccc(N(c2ccc(S(=O)(=O)CC3CCCC3)cc2)c2cccc3cc(C(=O)/C(C)=N/OC(C)=O)ccc23)cc1. The number of sulfone groups is 1. The van der Waals surface area contributed by atoms with Crippen molar-refractivity contribution in [3.05, 3.63) is 96.1 Å². The maximum absolute atomic E-state index is 13.3. The second kappa shape index (κ2) is 15.4. The van der Waals surface area contributed by atoms with Gasteiger partial charge in [-0.1, -0.05) is 47.4 Å². The number of carbonyl (C=O) groups excluding carboxylic acids is 4. The summed E-state index contributed by atoms with van der Waals surface area (Å²) >= 11 is 0. The molecule has 0 aromatic heterocycles. The van der Waals surface area contributed by atoms with Crippen LogP contribution in [0.5, 0.6) is 0 Å². The summed E-state index contributed by atoms with van der Waals surface area (Å²) in [6, 6.07) is 24.3. The fourth-order valence-corrected chi connectivity index (χ4v) is 7.64. The van der Waals surface area contributed by atoms with Crippen molar-refractivity contribution in [2.24, 2.45) is 16.2 Å². The van der Waals surface area contributed by atoms with Crippen molar-refractivity contribution in [1.29, 1.82) is 0 Å².